The van der Waals surface area contributed by atoms with Gasteiger partial charge in [0.25, 0.3) is 0 Å². The maximum atomic E-state index is 5.30. The highest BCUT2D eigenvalue weighted by Crippen LogP contribution is 2.30. The first-order valence-electron chi connectivity index (χ1n) is 7.43. The second-order valence-electron chi connectivity index (χ2n) is 5.32. The number of nitrogens with zero attached hydrogens (tertiary/aromatic N) is 2. The van der Waals surface area contributed by atoms with Gasteiger partial charge in [-0.1, -0.05) is 30.3 Å². The predicted molar refractivity (Wildman–Crippen MR) is 91.7 cm³/mol. The molecule has 0 radical (unpaired) electrons. The second kappa shape index (κ2) is 5.61. The lowest BCUT2D eigenvalue weighted by molar-refractivity contribution is 0.415. The first-order chi connectivity index (χ1) is 11.3. The minimum atomic E-state index is 0.714. The van der Waals surface area contributed by atoms with Crippen molar-refractivity contribution >= 4 is 27.8 Å². The Bertz CT molecular complexity index is 963. The fourth-order valence-corrected chi connectivity index (χ4v) is 2.71. The molecule has 0 fully saturated rings. The van der Waals surface area contributed by atoms with Crippen LogP contribution in [0.1, 0.15) is 5.56 Å². The Balaban J connectivity index is 1.75. The molecule has 0 unspecified atom stereocenters. The number of fused-ring (bicyclic) bond motifs is 3. The summed E-state index contributed by atoms with van der Waals surface area (Å²) in [6, 6.07) is 16.2. The molecule has 4 aromatic rings. The lowest BCUT2D eigenvalue weighted by Gasteiger charge is -2.06. The second-order valence-corrected chi connectivity index (χ2v) is 5.32. The van der Waals surface area contributed by atoms with E-state index in [2.05, 4.69) is 32.4 Å². The van der Waals surface area contributed by atoms with Gasteiger partial charge in [-0.05, 0) is 23.8 Å². The number of anilines is 1. The Labute approximate surface area is 133 Å². The SMILES string of the molecule is COc1ccc2[nH]c3c(NCc4ccccc4)ncnc3c2c1. The van der Waals surface area contributed by atoms with E-state index < -0.39 is 0 Å². The minimum Gasteiger partial charge on any atom is -0.497 e. The number of aromatic amines is 1. The summed E-state index contributed by atoms with van der Waals surface area (Å²) in [4.78, 5) is 12.2. The molecule has 2 aromatic carbocycles. The van der Waals surface area contributed by atoms with Gasteiger partial charge in [0, 0.05) is 17.4 Å². The summed E-state index contributed by atoms with van der Waals surface area (Å²) in [5.74, 6) is 1.62. The van der Waals surface area contributed by atoms with Gasteiger partial charge in [-0.2, -0.15) is 0 Å². The standard InChI is InChI=1S/C18H16N4O/c1-23-13-7-8-15-14(9-13)16-17(22-15)18(21-11-20-16)19-10-12-5-3-2-4-6-12/h2-9,11,22H,10H2,1H3,(H,19,20,21). The highest BCUT2D eigenvalue weighted by atomic mass is 16.5. The van der Waals surface area contributed by atoms with Crippen LogP contribution in [0, 0.1) is 0 Å². The van der Waals surface area contributed by atoms with Gasteiger partial charge in [0.1, 0.15) is 23.1 Å². The van der Waals surface area contributed by atoms with E-state index in [0.29, 0.717) is 6.54 Å². The van der Waals surface area contributed by atoms with E-state index in [1.165, 1.54) is 5.56 Å². The molecule has 0 saturated carbocycles. The average Bonchev–Trinajstić information content (AvgIpc) is 2.99. The number of rotatable bonds is 4. The number of ether oxygens (including phenoxy) is 1. The molecule has 0 spiro atoms. The molecule has 0 atom stereocenters. The van der Waals surface area contributed by atoms with Crippen LogP contribution in [-0.4, -0.2) is 22.1 Å². The Kier molecular flexibility index (Phi) is 3.31. The third-order valence-corrected chi connectivity index (χ3v) is 3.89. The van der Waals surface area contributed by atoms with E-state index in [0.717, 1.165) is 33.5 Å². The first-order valence-corrected chi connectivity index (χ1v) is 7.43. The quantitative estimate of drug-likeness (QED) is 0.603. The average molecular weight is 304 g/mol. The van der Waals surface area contributed by atoms with E-state index in [-0.39, 0.29) is 0 Å². The molecule has 5 nitrogen and oxygen atoms in total. The van der Waals surface area contributed by atoms with Crippen LogP contribution in [0.4, 0.5) is 5.82 Å². The van der Waals surface area contributed by atoms with Crippen molar-refractivity contribution in [2.24, 2.45) is 0 Å². The lowest BCUT2D eigenvalue weighted by Crippen LogP contribution is -2.02. The summed E-state index contributed by atoms with van der Waals surface area (Å²) in [6.07, 6.45) is 1.59. The number of H-pyrrole nitrogens is 1. The summed E-state index contributed by atoms with van der Waals surface area (Å²) >= 11 is 0. The van der Waals surface area contributed by atoms with E-state index >= 15 is 0 Å². The third-order valence-electron chi connectivity index (χ3n) is 3.89. The number of methoxy groups -OCH3 is 1. The Hall–Kier alpha value is -3.08. The predicted octanol–water partition coefficient (Wildman–Crippen LogP) is 3.73. The van der Waals surface area contributed by atoms with Crippen molar-refractivity contribution in [3.63, 3.8) is 0 Å². The number of hydrogen-bond acceptors (Lipinski definition) is 4. The molecule has 2 heterocycles. The Morgan fingerprint density at radius 1 is 1.09 bits per heavy atom. The van der Waals surface area contributed by atoms with E-state index in [1.54, 1.807) is 13.4 Å². The maximum absolute atomic E-state index is 5.30. The van der Waals surface area contributed by atoms with Gasteiger partial charge < -0.3 is 15.0 Å². The molecule has 0 aliphatic rings. The fourth-order valence-electron chi connectivity index (χ4n) is 2.71. The van der Waals surface area contributed by atoms with E-state index in [1.807, 2.05) is 36.4 Å². The molecule has 23 heavy (non-hydrogen) atoms. The molecule has 0 bridgehead atoms. The topological polar surface area (TPSA) is 62.8 Å². The van der Waals surface area contributed by atoms with Gasteiger partial charge in [-0.25, -0.2) is 9.97 Å². The zero-order chi connectivity index (χ0) is 15.6. The van der Waals surface area contributed by atoms with Crippen molar-refractivity contribution in [1.29, 1.82) is 0 Å². The number of hydrogen-bond donors (Lipinski definition) is 2. The summed E-state index contributed by atoms with van der Waals surface area (Å²) < 4.78 is 5.30. The van der Waals surface area contributed by atoms with Crippen LogP contribution in [0.3, 0.4) is 0 Å². The van der Waals surface area contributed by atoms with Crippen LogP contribution < -0.4 is 10.1 Å². The number of benzene rings is 2. The maximum Gasteiger partial charge on any atom is 0.154 e. The molecule has 0 aliphatic heterocycles. The van der Waals surface area contributed by atoms with E-state index in [9.17, 15) is 0 Å². The number of aromatic nitrogens is 3. The van der Waals surface area contributed by atoms with Crippen molar-refractivity contribution in [1.82, 2.24) is 15.0 Å². The summed E-state index contributed by atoms with van der Waals surface area (Å²) in [6.45, 7) is 0.714. The zero-order valence-electron chi connectivity index (χ0n) is 12.7. The highest BCUT2D eigenvalue weighted by molar-refractivity contribution is 6.08. The molecule has 5 heteroatoms. The lowest BCUT2D eigenvalue weighted by atomic mass is 10.2. The Morgan fingerprint density at radius 2 is 1.96 bits per heavy atom. The highest BCUT2D eigenvalue weighted by Gasteiger charge is 2.11. The van der Waals surface area contributed by atoms with Crippen molar-refractivity contribution in [3.05, 3.63) is 60.4 Å². The van der Waals surface area contributed by atoms with Crippen LogP contribution in [0.5, 0.6) is 5.75 Å². The van der Waals surface area contributed by atoms with Gasteiger partial charge in [0.2, 0.25) is 0 Å². The van der Waals surface area contributed by atoms with Gasteiger partial charge in [0.05, 0.1) is 7.11 Å². The van der Waals surface area contributed by atoms with Crippen molar-refractivity contribution in [2.45, 2.75) is 6.54 Å². The van der Waals surface area contributed by atoms with Crippen LogP contribution in [-0.2, 0) is 6.54 Å². The molecule has 0 amide bonds. The molecule has 0 saturated heterocycles. The molecule has 4 rings (SSSR count). The molecule has 2 N–H and O–H groups in total. The molecular formula is C18H16N4O. The van der Waals surface area contributed by atoms with Gasteiger partial charge >= 0.3 is 0 Å². The van der Waals surface area contributed by atoms with E-state index in [4.69, 9.17) is 4.74 Å². The summed E-state index contributed by atoms with van der Waals surface area (Å²) in [5, 5.41) is 4.41. The molecule has 2 aromatic heterocycles. The smallest absolute Gasteiger partial charge is 0.154 e. The van der Waals surface area contributed by atoms with Crippen molar-refractivity contribution in [2.75, 3.05) is 12.4 Å². The monoisotopic (exact) mass is 304 g/mol. The third kappa shape index (κ3) is 2.46. The fraction of sp³-hybridized carbons (Fsp3) is 0.111. The molecular weight excluding hydrogens is 288 g/mol. The van der Waals surface area contributed by atoms with Crippen molar-refractivity contribution < 1.29 is 4.74 Å². The van der Waals surface area contributed by atoms with Crippen LogP contribution in [0.25, 0.3) is 21.9 Å². The Morgan fingerprint density at radius 3 is 2.78 bits per heavy atom. The largest absolute Gasteiger partial charge is 0.497 e. The molecule has 114 valence electrons. The first kappa shape index (κ1) is 13.6. The summed E-state index contributed by atoms with van der Waals surface area (Å²) in [7, 11) is 1.66. The number of nitrogens with one attached hydrogen (secondary N) is 2. The van der Waals surface area contributed by atoms with Crippen LogP contribution in [0.2, 0.25) is 0 Å². The normalized spacial score (nSPS) is 11.0. The van der Waals surface area contributed by atoms with Crippen LogP contribution in [0.15, 0.2) is 54.9 Å². The van der Waals surface area contributed by atoms with Crippen molar-refractivity contribution in [3.8, 4) is 5.75 Å². The minimum absolute atomic E-state index is 0.714. The van der Waals surface area contributed by atoms with Gasteiger partial charge in [0.15, 0.2) is 5.82 Å². The van der Waals surface area contributed by atoms with Crippen LogP contribution >= 0.6 is 0 Å². The van der Waals surface area contributed by atoms with Gasteiger partial charge in [-0.15, -0.1) is 0 Å². The molecule has 0 aliphatic carbocycles. The van der Waals surface area contributed by atoms with Gasteiger partial charge in [-0.3, -0.25) is 0 Å². The summed E-state index contributed by atoms with van der Waals surface area (Å²) in [5.41, 5.74) is 4.03. The zero-order valence-corrected chi connectivity index (χ0v) is 12.7.